The van der Waals surface area contributed by atoms with Crippen molar-refractivity contribution in [3.63, 3.8) is 0 Å². The number of carboxylic acid groups (broad SMARTS) is 1. The Hall–Kier alpha value is -4.45. The highest BCUT2D eigenvalue weighted by Crippen LogP contribution is 2.45. The van der Waals surface area contributed by atoms with Crippen LogP contribution in [0, 0.1) is 6.92 Å². The van der Waals surface area contributed by atoms with Gasteiger partial charge < -0.3 is 13.9 Å². The minimum atomic E-state index is -0.931. The van der Waals surface area contributed by atoms with Gasteiger partial charge in [0.2, 0.25) is 5.36 Å². The number of carbonyl (C=O) groups is 1. The van der Waals surface area contributed by atoms with Crippen LogP contribution in [0.3, 0.4) is 0 Å². The fraction of sp³-hybridized carbons (Fsp3) is 0.242. The number of aromatic nitrogens is 2. The largest absolute Gasteiger partial charge is 0.478 e. The van der Waals surface area contributed by atoms with Crippen molar-refractivity contribution < 1.29 is 14.3 Å². The van der Waals surface area contributed by atoms with E-state index in [0.717, 1.165) is 94.1 Å². The molecule has 0 bridgehead atoms. The van der Waals surface area contributed by atoms with Crippen LogP contribution in [0.5, 0.6) is 0 Å². The van der Waals surface area contributed by atoms with E-state index in [0.29, 0.717) is 5.56 Å². The van der Waals surface area contributed by atoms with Gasteiger partial charge in [-0.1, -0.05) is 24.3 Å². The van der Waals surface area contributed by atoms with Crippen molar-refractivity contribution in [2.45, 2.75) is 40.0 Å². The van der Waals surface area contributed by atoms with Crippen LogP contribution >= 0.6 is 0 Å². The number of hydrogen-bond acceptors (Lipinski definition) is 3. The van der Waals surface area contributed by atoms with E-state index >= 15 is 0 Å². The Morgan fingerprint density at radius 2 is 1.85 bits per heavy atom. The Kier molecular flexibility index (Phi) is 6.39. The SMILES string of the molecule is CC[N+](CC)=c1ccc2c(-c3ccccc3C(=O)O)c3c(oc-2c1)/C(=C/c1nc(C)n2ccccc12)CCC3. The Morgan fingerprint density at radius 3 is 2.64 bits per heavy atom. The third kappa shape index (κ3) is 4.26. The maximum absolute atomic E-state index is 12.3. The van der Waals surface area contributed by atoms with Gasteiger partial charge in [-0.25, -0.2) is 14.4 Å². The zero-order chi connectivity index (χ0) is 27.1. The molecular formula is C33H32N3O3+. The van der Waals surface area contributed by atoms with Gasteiger partial charge in [0.05, 0.1) is 22.8 Å². The number of fused-ring (bicyclic) bond motifs is 3. The zero-order valence-corrected chi connectivity index (χ0v) is 22.6. The summed E-state index contributed by atoms with van der Waals surface area (Å²) >= 11 is 0. The number of carboxylic acids is 1. The molecule has 0 saturated carbocycles. The third-order valence-electron chi connectivity index (χ3n) is 7.81. The number of hydrogen-bond donors (Lipinski definition) is 1. The van der Waals surface area contributed by atoms with Gasteiger partial charge in [-0.05, 0) is 81.5 Å². The van der Waals surface area contributed by atoms with Crippen LogP contribution in [-0.4, -0.2) is 33.6 Å². The van der Waals surface area contributed by atoms with Crippen LogP contribution in [0.15, 0.2) is 71.3 Å². The molecule has 6 nitrogen and oxygen atoms in total. The lowest BCUT2D eigenvalue weighted by molar-refractivity contribution is 0.0697. The molecule has 6 heteroatoms. The molecular weight excluding hydrogens is 486 g/mol. The molecule has 2 aliphatic carbocycles. The zero-order valence-electron chi connectivity index (χ0n) is 22.6. The van der Waals surface area contributed by atoms with Gasteiger partial charge >= 0.3 is 5.97 Å². The van der Waals surface area contributed by atoms with Gasteiger partial charge in [-0.15, -0.1) is 0 Å². The van der Waals surface area contributed by atoms with Crippen molar-refractivity contribution >= 4 is 23.1 Å². The van der Waals surface area contributed by atoms with E-state index in [-0.39, 0.29) is 0 Å². The predicted molar refractivity (Wildman–Crippen MR) is 155 cm³/mol. The van der Waals surface area contributed by atoms with Crippen LogP contribution in [0.1, 0.15) is 59.9 Å². The standard InChI is InChI=1S/C33H31N3O3/c1-4-35(5-2)23-16-17-26-30(20-23)39-32-22(19-28-29-15-8-9-18-36(29)21(3)34-28)11-10-14-27(32)31(26)24-12-6-7-13-25(24)33(37)38/h6-9,12-13,15-20H,4-5,10-11,14H2,1-3H3/p+1. The van der Waals surface area contributed by atoms with Crippen molar-refractivity contribution in [2.75, 3.05) is 13.1 Å². The number of pyridine rings is 1. The average Bonchev–Trinajstić information content (AvgIpc) is 3.27. The van der Waals surface area contributed by atoms with Crippen molar-refractivity contribution in [3.05, 3.63) is 101 Å². The van der Waals surface area contributed by atoms with Crippen molar-refractivity contribution in [1.82, 2.24) is 14.0 Å². The number of imidazole rings is 1. The minimum absolute atomic E-state index is 0.298. The van der Waals surface area contributed by atoms with E-state index in [2.05, 4.69) is 53.2 Å². The third-order valence-corrected chi connectivity index (χ3v) is 7.81. The highest BCUT2D eigenvalue weighted by atomic mass is 16.4. The smallest absolute Gasteiger partial charge is 0.336 e. The van der Waals surface area contributed by atoms with Gasteiger partial charge in [0.1, 0.15) is 30.4 Å². The number of allylic oxidation sites excluding steroid dienone is 1. The molecule has 0 saturated heterocycles. The number of benzene rings is 2. The molecule has 196 valence electrons. The van der Waals surface area contributed by atoms with Gasteiger partial charge in [-0.2, -0.15) is 0 Å². The van der Waals surface area contributed by atoms with E-state index in [1.165, 1.54) is 0 Å². The Bertz CT molecular complexity index is 1800. The molecule has 1 N–H and O–H groups in total. The summed E-state index contributed by atoms with van der Waals surface area (Å²) in [5.74, 6) is 1.59. The number of aryl methyl sites for hydroxylation is 1. The second-order valence-corrected chi connectivity index (χ2v) is 10.0. The molecule has 6 rings (SSSR count). The summed E-state index contributed by atoms with van der Waals surface area (Å²) in [5, 5.41) is 11.2. The molecule has 1 aromatic carbocycles. The summed E-state index contributed by atoms with van der Waals surface area (Å²) < 4.78 is 11.1. The van der Waals surface area contributed by atoms with Crippen LogP contribution in [0.2, 0.25) is 0 Å². The molecule has 0 atom stereocenters. The quantitative estimate of drug-likeness (QED) is 0.274. The van der Waals surface area contributed by atoms with Crippen molar-refractivity contribution in [3.8, 4) is 22.5 Å². The van der Waals surface area contributed by atoms with E-state index in [4.69, 9.17) is 9.40 Å². The summed E-state index contributed by atoms with van der Waals surface area (Å²) in [4.78, 5) is 17.2. The van der Waals surface area contributed by atoms with Gasteiger partial charge in [0.25, 0.3) is 0 Å². The summed E-state index contributed by atoms with van der Waals surface area (Å²) in [6, 6.07) is 19.7. The highest BCUT2D eigenvalue weighted by Gasteiger charge is 2.28. The molecule has 39 heavy (non-hydrogen) atoms. The van der Waals surface area contributed by atoms with Crippen LogP contribution in [0.4, 0.5) is 0 Å². The lowest BCUT2D eigenvalue weighted by Gasteiger charge is -2.25. The van der Waals surface area contributed by atoms with Gasteiger partial charge in [0.15, 0.2) is 0 Å². The van der Waals surface area contributed by atoms with E-state index in [9.17, 15) is 9.90 Å². The summed E-state index contributed by atoms with van der Waals surface area (Å²) in [6.07, 6.45) is 6.81. The first kappa shape index (κ1) is 24.9. The highest BCUT2D eigenvalue weighted by molar-refractivity contribution is 6.01. The molecule has 0 amide bonds. The van der Waals surface area contributed by atoms with E-state index in [1.54, 1.807) is 12.1 Å². The molecule has 3 aliphatic rings. The van der Waals surface area contributed by atoms with Crippen LogP contribution in [0.25, 0.3) is 39.6 Å². The van der Waals surface area contributed by atoms with Gasteiger partial charge in [-0.3, -0.25) is 0 Å². The van der Waals surface area contributed by atoms with Gasteiger partial charge in [0, 0.05) is 29.0 Å². The molecule has 2 aromatic heterocycles. The molecule has 0 spiro atoms. The fourth-order valence-corrected chi connectivity index (χ4v) is 5.93. The predicted octanol–water partition coefficient (Wildman–Crippen LogP) is 6.39. The fourth-order valence-electron chi connectivity index (χ4n) is 5.93. The second kappa shape index (κ2) is 10.0. The first-order valence-corrected chi connectivity index (χ1v) is 13.6. The summed E-state index contributed by atoms with van der Waals surface area (Å²) in [7, 11) is 0. The first-order valence-electron chi connectivity index (χ1n) is 13.6. The lowest BCUT2D eigenvalue weighted by Crippen LogP contribution is -2.29. The monoisotopic (exact) mass is 518 g/mol. The van der Waals surface area contributed by atoms with Crippen LogP contribution < -0.4 is 9.93 Å². The molecule has 0 radical (unpaired) electrons. The maximum atomic E-state index is 12.3. The first-order chi connectivity index (χ1) is 19.0. The number of rotatable bonds is 5. The molecule has 0 fully saturated rings. The van der Waals surface area contributed by atoms with Crippen molar-refractivity contribution in [2.24, 2.45) is 0 Å². The van der Waals surface area contributed by atoms with Crippen molar-refractivity contribution in [1.29, 1.82) is 0 Å². The van der Waals surface area contributed by atoms with E-state index in [1.807, 2.05) is 37.4 Å². The molecule has 3 aromatic rings. The Balaban J connectivity index is 1.68. The average molecular weight is 519 g/mol. The molecule has 1 aliphatic heterocycles. The Morgan fingerprint density at radius 1 is 1.05 bits per heavy atom. The number of nitrogens with zero attached hydrogens (tertiary/aromatic N) is 3. The summed E-state index contributed by atoms with van der Waals surface area (Å²) in [5.41, 5.74) is 7.02. The maximum Gasteiger partial charge on any atom is 0.336 e. The molecule has 3 heterocycles. The van der Waals surface area contributed by atoms with Crippen LogP contribution in [-0.2, 0) is 6.42 Å². The number of aromatic carboxylic acids is 1. The Labute approximate surface area is 227 Å². The van der Waals surface area contributed by atoms with E-state index < -0.39 is 5.97 Å². The second-order valence-electron chi connectivity index (χ2n) is 10.0. The topological polar surface area (TPSA) is 70.8 Å². The normalized spacial score (nSPS) is 14.2. The lowest BCUT2D eigenvalue weighted by atomic mass is 9.82. The summed E-state index contributed by atoms with van der Waals surface area (Å²) in [6.45, 7) is 8.07. The molecule has 0 unspecified atom stereocenters. The minimum Gasteiger partial charge on any atom is -0.478 e.